The number of nitrogen functional groups attached to an aromatic ring is 2. The summed E-state index contributed by atoms with van der Waals surface area (Å²) in [6.45, 7) is 2.00. The van der Waals surface area contributed by atoms with Crippen LogP contribution in [0.5, 0.6) is 17.2 Å². The second-order valence-corrected chi connectivity index (χ2v) is 10.3. The number of rotatable bonds is 6. The number of carbonyl (C=O) groups is 1. The first-order chi connectivity index (χ1) is 18.3. The molecule has 0 saturated carbocycles. The summed E-state index contributed by atoms with van der Waals surface area (Å²) < 4.78 is 17.4. The predicted octanol–water partition coefficient (Wildman–Crippen LogP) is 5.20. The van der Waals surface area contributed by atoms with Crippen molar-refractivity contribution in [2.24, 2.45) is 0 Å². The van der Waals surface area contributed by atoms with Crippen LogP contribution in [0.4, 0.5) is 16.6 Å². The number of thiophene rings is 1. The van der Waals surface area contributed by atoms with E-state index in [9.17, 15) is 10.1 Å². The molecule has 0 atom stereocenters. The highest BCUT2D eigenvalue weighted by atomic mass is 32.1. The number of nitriles is 1. The van der Waals surface area contributed by atoms with Crippen molar-refractivity contribution in [3.05, 3.63) is 46.3 Å². The number of carbonyl (C=O) groups excluding carboxylic acids is 1. The molecule has 0 aliphatic rings. The van der Waals surface area contributed by atoms with E-state index in [1.807, 2.05) is 25.1 Å². The Hall–Kier alpha value is -4.60. The fourth-order valence-corrected chi connectivity index (χ4v) is 6.17. The second-order valence-electron chi connectivity index (χ2n) is 8.24. The molecule has 0 bridgehead atoms. The molecule has 0 aliphatic carbocycles. The summed E-state index contributed by atoms with van der Waals surface area (Å²) in [4.78, 5) is 22.8. The lowest BCUT2D eigenvalue weighted by molar-refractivity contribution is 0.103. The highest BCUT2D eigenvalue weighted by Gasteiger charge is 2.26. The molecule has 0 spiro atoms. The molecule has 0 radical (unpaired) electrons. The highest BCUT2D eigenvalue weighted by molar-refractivity contribution is 7.23. The maximum absolute atomic E-state index is 13.3. The van der Waals surface area contributed by atoms with Crippen LogP contribution in [0.15, 0.2) is 30.3 Å². The number of aryl methyl sites for hydroxylation is 1. The number of nitrogens with two attached hydrogens (primary N) is 2. The fraction of sp³-hybridized carbons (Fsp3) is 0.154. The van der Waals surface area contributed by atoms with Crippen LogP contribution in [0, 0.1) is 18.3 Å². The Labute approximate surface area is 225 Å². The van der Waals surface area contributed by atoms with E-state index >= 15 is 0 Å². The van der Waals surface area contributed by atoms with Crippen molar-refractivity contribution in [1.82, 2.24) is 9.97 Å². The van der Waals surface area contributed by atoms with Gasteiger partial charge in [0.2, 0.25) is 5.75 Å². The molecular formula is C26H22N6O4S2. The molecule has 0 saturated heterocycles. The van der Waals surface area contributed by atoms with E-state index in [0.29, 0.717) is 43.7 Å². The van der Waals surface area contributed by atoms with Gasteiger partial charge in [0.25, 0.3) is 5.91 Å². The van der Waals surface area contributed by atoms with Gasteiger partial charge in [-0.1, -0.05) is 17.4 Å². The Morgan fingerprint density at radius 1 is 1.03 bits per heavy atom. The fourth-order valence-electron chi connectivity index (χ4n) is 4.21. The van der Waals surface area contributed by atoms with Crippen molar-refractivity contribution >= 4 is 65.7 Å². The standard InChI is InChI=1S/C26H22N6O4S2/c1-11-5-6-14-17(7-11)37-26(30-14)32-24(33)22-20(28)19-18(13(10-27)23(29)31-25(19)38-22)12-8-15(34-2)21(36-4)16(9-12)35-3/h5-9H,28H2,1-4H3,(H2,29,31)(H,30,32,33). The molecule has 0 fully saturated rings. The van der Waals surface area contributed by atoms with Crippen molar-refractivity contribution in [2.75, 3.05) is 38.1 Å². The number of aromatic nitrogens is 2. The molecule has 38 heavy (non-hydrogen) atoms. The van der Waals surface area contributed by atoms with Crippen LogP contribution in [0.25, 0.3) is 31.6 Å². The molecule has 3 aromatic heterocycles. The molecule has 0 aliphatic heterocycles. The van der Waals surface area contributed by atoms with Crippen LogP contribution in [0.2, 0.25) is 0 Å². The number of nitrogens with zero attached hydrogens (tertiary/aromatic N) is 3. The number of hydrogen-bond donors (Lipinski definition) is 3. The second kappa shape index (κ2) is 9.70. The van der Waals surface area contributed by atoms with E-state index < -0.39 is 5.91 Å². The summed E-state index contributed by atoms with van der Waals surface area (Å²) in [5, 5.41) is 13.7. The highest BCUT2D eigenvalue weighted by Crippen LogP contribution is 2.47. The molecule has 5 N–H and O–H groups in total. The zero-order valence-electron chi connectivity index (χ0n) is 20.8. The van der Waals surface area contributed by atoms with Gasteiger partial charge >= 0.3 is 0 Å². The number of hydrogen-bond acceptors (Lipinski definition) is 11. The number of methoxy groups -OCH3 is 3. The number of pyridine rings is 1. The van der Waals surface area contributed by atoms with Crippen LogP contribution in [-0.4, -0.2) is 37.2 Å². The van der Waals surface area contributed by atoms with Gasteiger partial charge < -0.3 is 25.7 Å². The summed E-state index contributed by atoms with van der Waals surface area (Å²) in [5.41, 5.74) is 15.9. The van der Waals surface area contributed by atoms with Crippen LogP contribution in [-0.2, 0) is 0 Å². The first-order valence-corrected chi connectivity index (χ1v) is 12.8. The molecule has 192 valence electrons. The lowest BCUT2D eigenvalue weighted by Gasteiger charge is -2.16. The number of nitrogens with one attached hydrogen (secondary N) is 1. The van der Waals surface area contributed by atoms with E-state index in [-0.39, 0.29) is 21.9 Å². The minimum Gasteiger partial charge on any atom is -0.493 e. The van der Waals surface area contributed by atoms with E-state index in [1.54, 1.807) is 12.1 Å². The monoisotopic (exact) mass is 546 g/mol. The van der Waals surface area contributed by atoms with Crippen molar-refractivity contribution in [3.8, 4) is 34.4 Å². The van der Waals surface area contributed by atoms with Gasteiger partial charge in [0, 0.05) is 10.9 Å². The van der Waals surface area contributed by atoms with Gasteiger partial charge in [-0.05, 0) is 42.3 Å². The van der Waals surface area contributed by atoms with Gasteiger partial charge in [0.15, 0.2) is 16.6 Å². The van der Waals surface area contributed by atoms with E-state index in [0.717, 1.165) is 27.1 Å². The number of anilines is 3. The van der Waals surface area contributed by atoms with Gasteiger partial charge in [0.05, 0.1) is 37.2 Å². The van der Waals surface area contributed by atoms with Crippen molar-refractivity contribution in [1.29, 1.82) is 5.26 Å². The average molecular weight is 547 g/mol. The van der Waals surface area contributed by atoms with Crippen molar-refractivity contribution < 1.29 is 19.0 Å². The van der Waals surface area contributed by atoms with Crippen LogP contribution in [0.1, 0.15) is 20.8 Å². The normalized spacial score (nSPS) is 10.9. The van der Waals surface area contributed by atoms with Gasteiger partial charge in [-0.3, -0.25) is 10.1 Å². The van der Waals surface area contributed by atoms with E-state index in [4.69, 9.17) is 25.7 Å². The van der Waals surface area contributed by atoms with E-state index in [2.05, 4.69) is 21.4 Å². The van der Waals surface area contributed by atoms with Crippen LogP contribution in [0.3, 0.4) is 0 Å². The minimum atomic E-state index is -0.436. The van der Waals surface area contributed by atoms with Gasteiger partial charge in [-0.25, -0.2) is 9.97 Å². The maximum atomic E-state index is 13.3. The predicted molar refractivity (Wildman–Crippen MR) is 151 cm³/mol. The van der Waals surface area contributed by atoms with Gasteiger partial charge in [0.1, 0.15) is 27.2 Å². The zero-order valence-corrected chi connectivity index (χ0v) is 22.5. The van der Waals surface area contributed by atoms with E-state index in [1.165, 1.54) is 32.7 Å². The molecule has 10 nitrogen and oxygen atoms in total. The molecule has 1 amide bonds. The molecule has 5 rings (SSSR count). The maximum Gasteiger partial charge on any atom is 0.269 e. The number of thiazole rings is 1. The summed E-state index contributed by atoms with van der Waals surface area (Å²) in [7, 11) is 4.48. The molecular weight excluding hydrogens is 524 g/mol. The Morgan fingerprint density at radius 3 is 2.37 bits per heavy atom. The van der Waals surface area contributed by atoms with Crippen LogP contribution < -0.4 is 31.0 Å². The smallest absolute Gasteiger partial charge is 0.269 e. The number of amides is 1. The van der Waals surface area contributed by atoms with Gasteiger partial charge in [-0.15, -0.1) is 11.3 Å². The van der Waals surface area contributed by atoms with Crippen molar-refractivity contribution in [3.63, 3.8) is 0 Å². The molecule has 5 aromatic rings. The summed E-state index contributed by atoms with van der Waals surface area (Å²) in [6, 6.07) is 11.4. The molecule has 3 heterocycles. The number of ether oxygens (including phenoxy) is 3. The summed E-state index contributed by atoms with van der Waals surface area (Å²) in [6.07, 6.45) is 0. The summed E-state index contributed by atoms with van der Waals surface area (Å²) >= 11 is 2.45. The lowest BCUT2D eigenvalue weighted by Crippen LogP contribution is -2.11. The minimum absolute atomic E-state index is 0.0125. The zero-order chi connectivity index (χ0) is 27.1. The Morgan fingerprint density at radius 2 is 1.74 bits per heavy atom. The number of benzene rings is 2. The number of fused-ring (bicyclic) bond motifs is 2. The third-order valence-electron chi connectivity index (χ3n) is 5.94. The molecule has 2 aromatic carbocycles. The lowest BCUT2D eigenvalue weighted by atomic mass is 9.96. The van der Waals surface area contributed by atoms with Crippen LogP contribution >= 0.6 is 22.7 Å². The first-order valence-electron chi connectivity index (χ1n) is 11.2. The van der Waals surface area contributed by atoms with Gasteiger partial charge in [-0.2, -0.15) is 5.26 Å². The largest absolute Gasteiger partial charge is 0.493 e. The van der Waals surface area contributed by atoms with Crippen molar-refractivity contribution in [2.45, 2.75) is 6.92 Å². The first kappa shape index (κ1) is 25.1. The SMILES string of the molecule is COc1cc(-c2c(C#N)c(N)nc3sc(C(=O)Nc4nc5ccc(C)cc5s4)c(N)c23)cc(OC)c1OC. The molecule has 12 heteroatoms. The Bertz CT molecular complexity index is 1760. The summed E-state index contributed by atoms with van der Waals surface area (Å²) in [5.74, 6) is 0.729. The quantitative estimate of drug-likeness (QED) is 0.260. The topological polar surface area (TPSA) is 158 Å². The Kier molecular flexibility index (Phi) is 6.40. The third-order valence-corrected chi connectivity index (χ3v) is 7.97. The molecule has 0 unspecified atom stereocenters. The third kappa shape index (κ3) is 4.07. The average Bonchev–Trinajstić information content (AvgIpc) is 3.45. The Balaban J connectivity index is 1.67.